The maximum absolute atomic E-state index is 10.9. The van der Waals surface area contributed by atoms with Gasteiger partial charge in [0.25, 0.3) is 0 Å². The lowest BCUT2D eigenvalue weighted by atomic mass is 10.4. The molecule has 2 heterocycles. The van der Waals surface area contributed by atoms with Gasteiger partial charge in [0, 0.05) is 15.5 Å². The smallest absolute Gasteiger partial charge is 0.224 e. The summed E-state index contributed by atoms with van der Waals surface area (Å²) in [6.07, 6.45) is 0.972. The number of thioether (sulfide) groups is 1. The molecule has 0 bridgehead atoms. The molecular formula is C6H7NO2S3. The molecule has 0 spiro atoms. The number of hydrogen-bond acceptors (Lipinski definition) is 4. The van der Waals surface area contributed by atoms with Crippen LogP contribution in [-0.2, 0) is 16.4 Å². The minimum Gasteiger partial charge on any atom is -0.224 e. The van der Waals surface area contributed by atoms with Crippen LogP contribution in [0.3, 0.4) is 0 Å². The third-order valence-corrected chi connectivity index (χ3v) is 5.44. The molecule has 66 valence electrons. The summed E-state index contributed by atoms with van der Waals surface area (Å²) in [6, 6.07) is 1.67. The van der Waals surface area contributed by atoms with Gasteiger partial charge >= 0.3 is 0 Å². The van der Waals surface area contributed by atoms with Crippen molar-refractivity contribution in [2.45, 2.75) is 15.5 Å². The second kappa shape index (κ2) is 2.73. The van der Waals surface area contributed by atoms with Crippen LogP contribution in [-0.4, -0.2) is 14.2 Å². The SMILES string of the molecule is NS(=O)(=O)c1cc2c(s1)CCS2. The van der Waals surface area contributed by atoms with Crippen molar-refractivity contribution in [3.63, 3.8) is 0 Å². The first-order chi connectivity index (χ1) is 5.57. The highest BCUT2D eigenvalue weighted by atomic mass is 32.2. The summed E-state index contributed by atoms with van der Waals surface area (Å²) >= 11 is 2.99. The summed E-state index contributed by atoms with van der Waals surface area (Å²) in [5.41, 5.74) is 0. The van der Waals surface area contributed by atoms with Gasteiger partial charge in [-0.3, -0.25) is 0 Å². The lowest BCUT2D eigenvalue weighted by Gasteiger charge is -1.89. The average Bonchev–Trinajstić information content (AvgIpc) is 2.37. The van der Waals surface area contributed by atoms with Gasteiger partial charge in [-0.05, 0) is 12.5 Å². The van der Waals surface area contributed by atoms with E-state index < -0.39 is 10.0 Å². The Morgan fingerprint density at radius 1 is 1.50 bits per heavy atom. The zero-order valence-electron chi connectivity index (χ0n) is 6.11. The zero-order valence-corrected chi connectivity index (χ0v) is 8.56. The van der Waals surface area contributed by atoms with Crippen LogP contribution in [0.5, 0.6) is 0 Å². The fraction of sp³-hybridized carbons (Fsp3) is 0.333. The van der Waals surface area contributed by atoms with Crippen molar-refractivity contribution in [1.29, 1.82) is 0 Å². The summed E-state index contributed by atoms with van der Waals surface area (Å²) in [7, 11) is -3.48. The van der Waals surface area contributed by atoms with Gasteiger partial charge < -0.3 is 0 Å². The molecule has 2 N–H and O–H groups in total. The van der Waals surface area contributed by atoms with E-state index in [2.05, 4.69) is 0 Å². The number of aryl methyl sites for hydroxylation is 1. The first-order valence-corrected chi connectivity index (χ1v) is 6.70. The molecule has 0 saturated carbocycles. The molecule has 6 heteroatoms. The molecule has 1 aliphatic heterocycles. The monoisotopic (exact) mass is 221 g/mol. The topological polar surface area (TPSA) is 60.2 Å². The Morgan fingerprint density at radius 2 is 2.25 bits per heavy atom. The van der Waals surface area contributed by atoms with Crippen LogP contribution in [0, 0.1) is 0 Å². The molecule has 0 radical (unpaired) electrons. The van der Waals surface area contributed by atoms with Gasteiger partial charge in [-0.1, -0.05) is 0 Å². The average molecular weight is 221 g/mol. The highest BCUT2D eigenvalue weighted by molar-refractivity contribution is 8.00. The summed E-state index contributed by atoms with van der Waals surface area (Å²) in [4.78, 5) is 2.24. The molecule has 12 heavy (non-hydrogen) atoms. The van der Waals surface area contributed by atoms with Gasteiger partial charge in [0.15, 0.2) is 0 Å². The van der Waals surface area contributed by atoms with Gasteiger partial charge in [-0.2, -0.15) is 0 Å². The van der Waals surface area contributed by atoms with Crippen molar-refractivity contribution in [3.8, 4) is 0 Å². The minimum absolute atomic E-state index is 0.291. The van der Waals surface area contributed by atoms with E-state index in [-0.39, 0.29) is 0 Å². The van der Waals surface area contributed by atoms with Gasteiger partial charge in [0.05, 0.1) is 0 Å². The van der Waals surface area contributed by atoms with E-state index in [0.717, 1.165) is 21.9 Å². The molecule has 0 aliphatic carbocycles. The Bertz CT molecular complexity index is 385. The molecule has 3 nitrogen and oxygen atoms in total. The highest BCUT2D eigenvalue weighted by Crippen LogP contribution is 2.38. The van der Waals surface area contributed by atoms with Crippen molar-refractivity contribution < 1.29 is 8.42 Å². The number of thiophene rings is 1. The van der Waals surface area contributed by atoms with E-state index in [0.29, 0.717) is 4.21 Å². The van der Waals surface area contributed by atoms with Crippen molar-refractivity contribution >= 4 is 33.1 Å². The van der Waals surface area contributed by atoms with Crippen molar-refractivity contribution in [2.24, 2.45) is 5.14 Å². The molecule has 2 rings (SSSR count). The van der Waals surface area contributed by atoms with E-state index in [4.69, 9.17) is 5.14 Å². The van der Waals surface area contributed by atoms with E-state index in [1.165, 1.54) is 11.3 Å². The molecule has 0 unspecified atom stereocenters. The number of primary sulfonamides is 1. The van der Waals surface area contributed by atoms with Crippen LogP contribution in [0.4, 0.5) is 0 Å². The van der Waals surface area contributed by atoms with Crippen LogP contribution in [0.25, 0.3) is 0 Å². The van der Waals surface area contributed by atoms with Crippen LogP contribution in [0.1, 0.15) is 4.88 Å². The molecule has 0 fully saturated rings. The fourth-order valence-electron chi connectivity index (χ4n) is 1.08. The first-order valence-electron chi connectivity index (χ1n) is 3.36. The quantitative estimate of drug-likeness (QED) is 0.771. The molecule has 0 amide bonds. The van der Waals surface area contributed by atoms with E-state index >= 15 is 0 Å². The number of sulfonamides is 1. The predicted octanol–water partition coefficient (Wildman–Crippen LogP) is 1.04. The molecule has 1 aromatic rings. The first kappa shape index (κ1) is 8.55. The molecule has 0 aromatic carbocycles. The summed E-state index contributed by atoms with van der Waals surface area (Å²) in [5.74, 6) is 1.06. The number of fused-ring (bicyclic) bond motifs is 1. The zero-order chi connectivity index (χ0) is 8.77. The lowest BCUT2D eigenvalue weighted by Crippen LogP contribution is -2.09. The van der Waals surface area contributed by atoms with Crippen LogP contribution in [0.15, 0.2) is 15.2 Å². The normalized spacial score (nSPS) is 16.4. The molecular weight excluding hydrogens is 214 g/mol. The largest absolute Gasteiger partial charge is 0.247 e. The van der Waals surface area contributed by atoms with Crippen LogP contribution >= 0.6 is 23.1 Å². The maximum atomic E-state index is 10.9. The summed E-state index contributed by atoms with van der Waals surface area (Å²) in [5, 5.41) is 4.99. The number of rotatable bonds is 1. The third kappa shape index (κ3) is 1.39. The highest BCUT2D eigenvalue weighted by Gasteiger charge is 2.20. The molecule has 0 saturated heterocycles. The number of nitrogens with two attached hydrogens (primary N) is 1. The van der Waals surface area contributed by atoms with Gasteiger partial charge in [-0.15, -0.1) is 23.1 Å². The summed E-state index contributed by atoms with van der Waals surface area (Å²) < 4.78 is 22.1. The molecule has 1 aliphatic rings. The van der Waals surface area contributed by atoms with Crippen LogP contribution in [0.2, 0.25) is 0 Å². The van der Waals surface area contributed by atoms with E-state index in [9.17, 15) is 8.42 Å². The number of hydrogen-bond donors (Lipinski definition) is 1. The standard InChI is InChI=1S/C6H7NO2S3/c7-12(8,9)6-3-5-4(11-6)1-2-10-5/h3H,1-2H2,(H2,7,8,9). The van der Waals surface area contributed by atoms with Gasteiger partial charge in [0.1, 0.15) is 4.21 Å². The Kier molecular flexibility index (Phi) is 1.95. The Balaban J connectivity index is 2.51. The predicted molar refractivity (Wildman–Crippen MR) is 50.1 cm³/mol. The Hall–Kier alpha value is -0.0400. The van der Waals surface area contributed by atoms with Gasteiger partial charge in [0.2, 0.25) is 10.0 Å². The van der Waals surface area contributed by atoms with E-state index in [1.807, 2.05) is 0 Å². The fourth-order valence-corrected chi connectivity index (χ4v) is 4.48. The summed E-state index contributed by atoms with van der Waals surface area (Å²) in [6.45, 7) is 0. The van der Waals surface area contributed by atoms with Crippen LogP contribution < -0.4 is 5.14 Å². The Morgan fingerprint density at radius 3 is 2.83 bits per heavy atom. The third-order valence-electron chi connectivity index (χ3n) is 1.61. The second-order valence-corrected chi connectivity index (χ2v) is 6.56. The Labute approximate surface area is 79.0 Å². The molecule has 0 atom stereocenters. The van der Waals surface area contributed by atoms with Crippen molar-refractivity contribution in [1.82, 2.24) is 0 Å². The lowest BCUT2D eigenvalue weighted by molar-refractivity contribution is 0.599. The second-order valence-electron chi connectivity index (χ2n) is 2.50. The van der Waals surface area contributed by atoms with Gasteiger partial charge in [-0.25, -0.2) is 13.6 Å². The van der Waals surface area contributed by atoms with Crippen molar-refractivity contribution in [2.75, 3.05) is 5.75 Å². The maximum Gasteiger partial charge on any atom is 0.247 e. The minimum atomic E-state index is -3.48. The molecule has 1 aromatic heterocycles. The van der Waals surface area contributed by atoms with E-state index in [1.54, 1.807) is 17.8 Å². The van der Waals surface area contributed by atoms with Crippen molar-refractivity contribution in [3.05, 3.63) is 10.9 Å².